The van der Waals surface area contributed by atoms with E-state index in [1.54, 1.807) is 0 Å². The summed E-state index contributed by atoms with van der Waals surface area (Å²) >= 11 is 1.94. The smallest absolute Gasteiger partial charge is 0.0681 e. The zero-order chi connectivity index (χ0) is 19.3. The van der Waals surface area contributed by atoms with Crippen LogP contribution in [0.1, 0.15) is 25.0 Å². The van der Waals surface area contributed by atoms with Crippen molar-refractivity contribution in [3.63, 3.8) is 0 Å². The number of aromatic nitrogens is 1. The number of rotatable bonds is 0. The summed E-state index contributed by atoms with van der Waals surface area (Å²) in [6.07, 6.45) is 0. The number of hydrogen-bond donors (Lipinski definition) is 0. The summed E-state index contributed by atoms with van der Waals surface area (Å²) in [5.41, 5.74) is 9.68. The zero-order valence-corrected chi connectivity index (χ0v) is 17.2. The van der Waals surface area contributed by atoms with Gasteiger partial charge in [0, 0.05) is 31.5 Å². The second-order valence-electron chi connectivity index (χ2n) is 8.61. The largest absolute Gasteiger partial charge is 0.307 e. The second kappa shape index (κ2) is 5.14. The maximum absolute atomic E-state index is 2.49. The first-order valence-corrected chi connectivity index (χ1v) is 11.0. The number of fused-ring (bicyclic) bond motifs is 9. The molecule has 0 saturated carbocycles. The summed E-state index contributed by atoms with van der Waals surface area (Å²) in [5, 5.41) is 2.68. The van der Waals surface area contributed by atoms with Crippen molar-refractivity contribution in [1.29, 1.82) is 0 Å². The number of para-hydroxylation sites is 2. The average Bonchev–Trinajstić information content (AvgIpc) is 3.21. The third kappa shape index (κ3) is 1.79. The molecule has 0 radical (unpaired) electrons. The van der Waals surface area contributed by atoms with E-state index in [4.69, 9.17) is 0 Å². The molecule has 0 amide bonds. The van der Waals surface area contributed by atoms with Crippen LogP contribution in [0.5, 0.6) is 0 Å². The molecule has 1 aromatic heterocycles. The number of benzene rings is 4. The van der Waals surface area contributed by atoms with E-state index in [2.05, 4.69) is 97.3 Å². The van der Waals surface area contributed by atoms with E-state index in [1.807, 2.05) is 11.8 Å². The molecular formula is C27H19NS. The van der Waals surface area contributed by atoms with Crippen LogP contribution in [0.25, 0.3) is 38.6 Å². The predicted octanol–water partition coefficient (Wildman–Crippen LogP) is 7.55. The van der Waals surface area contributed by atoms with E-state index in [0.29, 0.717) is 0 Å². The SMILES string of the molecule is CC1(C)c2ccccc2-c2c1ccc1c2Sc2cccc3c4ccccc4n-1c23. The maximum Gasteiger partial charge on any atom is 0.0681 e. The molecule has 0 fully saturated rings. The standard InChI is InChI=1S/C27H19NS/c1-27(2)19-11-5-3-9-18(19)24-20(27)14-15-22-26(24)29-23-13-7-10-17-16-8-4-6-12-21(16)28(22)25(17)23/h3-15H,1-2H3. The van der Waals surface area contributed by atoms with Gasteiger partial charge in [-0.2, -0.15) is 0 Å². The Kier molecular flexibility index (Phi) is 2.82. The van der Waals surface area contributed by atoms with Gasteiger partial charge in [0.05, 0.1) is 16.7 Å². The molecule has 5 aromatic rings. The molecule has 29 heavy (non-hydrogen) atoms. The average molecular weight is 390 g/mol. The van der Waals surface area contributed by atoms with Gasteiger partial charge >= 0.3 is 0 Å². The van der Waals surface area contributed by atoms with Gasteiger partial charge in [0.2, 0.25) is 0 Å². The highest BCUT2D eigenvalue weighted by Crippen LogP contribution is 2.57. The summed E-state index contributed by atoms with van der Waals surface area (Å²) in [4.78, 5) is 2.74. The van der Waals surface area contributed by atoms with Crippen LogP contribution in [0.2, 0.25) is 0 Å². The minimum Gasteiger partial charge on any atom is -0.307 e. The molecule has 4 aromatic carbocycles. The van der Waals surface area contributed by atoms with Gasteiger partial charge in [0.1, 0.15) is 0 Å². The van der Waals surface area contributed by atoms with Crippen LogP contribution in [-0.4, -0.2) is 4.57 Å². The van der Waals surface area contributed by atoms with Crippen molar-refractivity contribution in [3.05, 3.63) is 90.0 Å². The van der Waals surface area contributed by atoms with Gasteiger partial charge in [-0.15, -0.1) is 0 Å². The first-order valence-electron chi connectivity index (χ1n) is 10.1. The minimum absolute atomic E-state index is 0.0343. The van der Waals surface area contributed by atoms with Crippen molar-refractivity contribution >= 4 is 33.6 Å². The zero-order valence-electron chi connectivity index (χ0n) is 16.4. The fourth-order valence-corrected chi connectivity index (χ4v) is 6.71. The highest BCUT2D eigenvalue weighted by molar-refractivity contribution is 8.00. The molecule has 7 rings (SSSR count). The van der Waals surface area contributed by atoms with Crippen molar-refractivity contribution in [2.75, 3.05) is 0 Å². The topological polar surface area (TPSA) is 4.93 Å². The minimum atomic E-state index is 0.0343. The van der Waals surface area contributed by atoms with E-state index in [9.17, 15) is 0 Å². The molecular weight excluding hydrogens is 370 g/mol. The molecule has 138 valence electrons. The molecule has 0 bridgehead atoms. The van der Waals surface area contributed by atoms with Gasteiger partial charge in [-0.3, -0.25) is 0 Å². The lowest BCUT2D eigenvalue weighted by Gasteiger charge is -2.25. The molecule has 0 unspecified atom stereocenters. The van der Waals surface area contributed by atoms with Gasteiger partial charge < -0.3 is 4.57 Å². The summed E-state index contributed by atoms with van der Waals surface area (Å²) in [7, 11) is 0. The Labute approximate surface area is 174 Å². The Morgan fingerprint density at radius 1 is 0.724 bits per heavy atom. The lowest BCUT2D eigenvalue weighted by Crippen LogP contribution is -2.15. The molecule has 0 spiro atoms. The third-order valence-electron chi connectivity index (χ3n) is 6.79. The molecule has 2 heterocycles. The van der Waals surface area contributed by atoms with Crippen molar-refractivity contribution in [1.82, 2.24) is 4.57 Å². The van der Waals surface area contributed by atoms with E-state index in [0.717, 1.165) is 0 Å². The summed E-state index contributed by atoms with van der Waals surface area (Å²) < 4.78 is 2.49. The fourth-order valence-electron chi connectivity index (χ4n) is 5.46. The molecule has 0 atom stereocenters. The summed E-state index contributed by atoms with van der Waals surface area (Å²) in [6, 6.07) is 29.2. The van der Waals surface area contributed by atoms with Crippen LogP contribution in [0.4, 0.5) is 0 Å². The van der Waals surface area contributed by atoms with E-state index >= 15 is 0 Å². The lowest BCUT2D eigenvalue weighted by atomic mass is 9.82. The predicted molar refractivity (Wildman–Crippen MR) is 122 cm³/mol. The van der Waals surface area contributed by atoms with Gasteiger partial charge in [0.25, 0.3) is 0 Å². The van der Waals surface area contributed by atoms with Crippen LogP contribution in [0.15, 0.2) is 88.7 Å². The Balaban J connectivity index is 1.67. The molecule has 0 saturated heterocycles. The Morgan fingerprint density at radius 2 is 1.52 bits per heavy atom. The quantitative estimate of drug-likeness (QED) is 0.259. The number of hydrogen-bond acceptors (Lipinski definition) is 1. The van der Waals surface area contributed by atoms with Crippen molar-refractivity contribution < 1.29 is 0 Å². The van der Waals surface area contributed by atoms with Gasteiger partial charge in [-0.1, -0.05) is 86.3 Å². The third-order valence-corrected chi connectivity index (χ3v) is 7.96. The van der Waals surface area contributed by atoms with Gasteiger partial charge in [-0.05, 0) is 34.9 Å². The Morgan fingerprint density at radius 3 is 2.45 bits per heavy atom. The Bertz CT molecular complexity index is 1500. The fraction of sp³-hybridized carbons (Fsp3) is 0.111. The van der Waals surface area contributed by atoms with Crippen LogP contribution >= 0.6 is 11.8 Å². The highest BCUT2D eigenvalue weighted by Gasteiger charge is 2.38. The van der Waals surface area contributed by atoms with E-state index < -0.39 is 0 Å². The Hall–Kier alpha value is -2.97. The van der Waals surface area contributed by atoms with Crippen LogP contribution < -0.4 is 0 Å². The van der Waals surface area contributed by atoms with Gasteiger partial charge in [-0.25, -0.2) is 0 Å². The summed E-state index contributed by atoms with van der Waals surface area (Å²) in [5.74, 6) is 0. The monoisotopic (exact) mass is 389 g/mol. The van der Waals surface area contributed by atoms with E-state index in [-0.39, 0.29) is 5.41 Å². The molecule has 1 aliphatic heterocycles. The highest BCUT2D eigenvalue weighted by atomic mass is 32.2. The molecule has 2 aliphatic rings. The molecule has 2 heteroatoms. The first kappa shape index (κ1) is 15.9. The second-order valence-corrected chi connectivity index (χ2v) is 9.67. The van der Waals surface area contributed by atoms with Crippen LogP contribution in [0, 0.1) is 0 Å². The van der Waals surface area contributed by atoms with Crippen molar-refractivity contribution in [2.45, 2.75) is 29.1 Å². The normalized spacial score (nSPS) is 15.4. The first-order chi connectivity index (χ1) is 14.2. The number of nitrogens with zero attached hydrogens (tertiary/aromatic N) is 1. The van der Waals surface area contributed by atoms with Crippen LogP contribution in [-0.2, 0) is 5.41 Å². The van der Waals surface area contributed by atoms with Gasteiger partial charge in [0.15, 0.2) is 0 Å². The van der Waals surface area contributed by atoms with Crippen molar-refractivity contribution in [2.24, 2.45) is 0 Å². The molecule has 0 N–H and O–H groups in total. The lowest BCUT2D eigenvalue weighted by molar-refractivity contribution is 0.659. The van der Waals surface area contributed by atoms with E-state index in [1.165, 1.54) is 59.5 Å². The molecule has 1 nitrogen and oxygen atoms in total. The van der Waals surface area contributed by atoms with Crippen LogP contribution in [0.3, 0.4) is 0 Å². The maximum atomic E-state index is 2.49. The van der Waals surface area contributed by atoms with Crippen molar-refractivity contribution in [3.8, 4) is 16.8 Å². The molecule has 1 aliphatic carbocycles. The summed E-state index contributed by atoms with van der Waals surface area (Å²) in [6.45, 7) is 4.71.